The summed E-state index contributed by atoms with van der Waals surface area (Å²) in [5.74, 6) is 0. The van der Waals surface area contributed by atoms with Crippen LogP contribution >= 0.6 is 0 Å². The van der Waals surface area contributed by atoms with Crippen molar-refractivity contribution in [1.82, 2.24) is 4.57 Å². The maximum Gasteiger partial charge on any atom is 0.143 e. The van der Waals surface area contributed by atoms with Crippen molar-refractivity contribution >= 4 is 71.6 Å². The molecule has 0 saturated heterocycles. The smallest absolute Gasteiger partial charge is 0.143 e. The van der Waals surface area contributed by atoms with Crippen LogP contribution in [0.1, 0.15) is 0 Å². The first-order valence-electron chi connectivity index (χ1n) is 20.8. The van der Waals surface area contributed by atoms with E-state index in [1.54, 1.807) is 0 Å². The summed E-state index contributed by atoms with van der Waals surface area (Å²) in [5, 5.41) is 7.09. The fraction of sp³-hybridized carbons (Fsp3) is 0. The Morgan fingerprint density at radius 2 is 0.836 bits per heavy atom. The first-order valence-corrected chi connectivity index (χ1v) is 20.8. The lowest BCUT2D eigenvalue weighted by atomic mass is 9.98. The predicted molar refractivity (Wildman–Crippen MR) is 257 cm³/mol. The van der Waals surface area contributed by atoms with E-state index in [2.05, 4.69) is 240 Å². The van der Waals surface area contributed by atoms with Crippen molar-refractivity contribution in [3.8, 4) is 39.1 Å². The summed E-state index contributed by atoms with van der Waals surface area (Å²) in [7, 11) is 0. The van der Waals surface area contributed by atoms with Crippen LogP contribution in [0.2, 0.25) is 0 Å². The van der Waals surface area contributed by atoms with Gasteiger partial charge >= 0.3 is 0 Å². The average Bonchev–Trinajstić information content (AvgIpc) is 3.89. The van der Waals surface area contributed by atoms with Gasteiger partial charge in [0.25, 0.3) is 0 Å². The second-order valence-electron chi connectivity index (χ2n) is 15.7. The molecule has 0 unspecified atom stereocenters. The molecule has 0 atom stereocenters. The Bertz CT molecular complexity index is 3510. The highest BCUT2D eigenvalue weighted by molar-refractivity contribution is 6.19. The van der Waals surface area contributed by atoms with Crippen molar-refractivity contribution in [2.24, 2.45) is 0 Å². The number of fused-ring (bicyclic) bond motifs is 8. The Morgan fingerprint density at radius 1 is 0.328 bits per heavy atom. The van der Waals surface area contributed by atoms with E-state index in [1.165, 1.54) is 43.9 Å². The number of hydrogen-bond acceptors (Lipinski definition) is 2. The van der Waals surface area contributed by atoms with Gasteiger partial charge in [0.1, 0.15) is 11.2 Å². The molecular weight excluding hydrogens is 741 g/mol. The van der Waals surface area contributed by atoms with Gasteiger partial charge in [0.15, 0.2) is 0 Å². The summed E-state index contributed by atoms with van der Waals surface area (Å²) >= 11 is 0. The van der Waals surface area contributed by atoms with Crippen molar-refractivity contribution in [3.63, 3.8) is 0 Å². The van der Waals surface area contributed by atoms with Gasteiger partial charge in [-0.2, -0.15) is 0 Å². The molecule has 3 heteroatoms. The number of anilines is 3. The van der Waals surface area contributed by atoms with Crippen LogP contribution in [0.15, 0.2) is 235 Å². The molecule has 0 aliphatic heterocycles. The third-order valence-corrected chi connectivity index (χ3v) is 12.2. The van der Waals surface area contributed by atoms with Crippen molar-refractivity contribution in [3.05, 3.63) is 231 Å². The molecule has 0 amide bonds. The number of rotatable bonds is 7. The molecule has 12 aromatic rings. The molecule has 10 aromatic carbocycles. The van der Waals surface area contributed by atoms with E-state index in [1.807, 2.05) is 0 Å². The van der Waals surface area contributed by atoms with Gasteiger partial charge in [0.05, 0.1) is 16.7 Å². The van der Waals surface area contributed by atoms with Crippen LogP contribution in [0, 0.1) is 0 Å². The van der Waals surface area contributed by atoms with E-state index in [9.17, 15) is 0 Å². The summed E-state index contributed by atoms with van der Waals surface area (Å²) < 4.78 is 8.95. The molecule has 12 rings (SSSR count). The Hall–Kier alpha value is -8.14. The van der Waals surface area contributed by atoms with Crippen LogP contribution in [-0.2, 0) is 0 Å². The van der Waals surface area contributed by atoms with Gasteiger partial charge in [-0.25, -0.2) is 0 Å². The third kappa shape index (κ3) is 5.82. The number of aromatic nitrogens is 1. The zero-order chi connectivity index (χ0) is 40.3. The highest BCUT2D eigenvalue weighted by atomic mass is 16.3. The number of furan rings is 1. The molecule has 2 heterocycles. The molecular formula is C58H38N2O. The van der Waals surface area contributed by atoms with E-state index in [-0.39, 0.29) is 0 Å². The highest BCUT2D eigenvalue weighted by Gasteiger charge is 2.19. The zero-order valence-corrected chi connectivity index (χ0v) is 33.2. The number of para-hydroxylation sites is 3. The minimum absolute atomic E-state index is 0.896. The van der Waals surface area contributed by atoms with Gasteiger partial charge in [-0.1, -0.05) is 164 Å². The maximum atomic E-state index is 6.55. The Balaban J connectivity index is 0.957. The largest absolute Gasteiger partial charge is 0.455 e. The molecule has 3 nitrogen and oxygen atoms in total. The second-order valence-corrected chi connectivity index (χ2v) is 15.7. The van der Waals surface area contributed by atoms with Gasteiger partial charge in [-0.3, -0.25) is 0 Å². The van der Waals surface area contributed by atoms with Crippen LogP contribution in [0.4, 0.5) is 17.1 Å². The van der Waals surface area contributed by atoms with Crippen molar-refractivity contribution in [1.29, 1.82) is 0 Å². The van der Waals surface area contributed by atoms with Crippen molar-refractivity contribution in [2.75, 3.05) is 4.90 Å². The molecule has 0 aliphatic carbocycles. The monoisotopic (exact) mass is 778 g/mol. The van der Waals surface area contributed by atoms with Crippen LogP contribution < -0.4 is 4.90 Å². The van der Waals surface area contributed by atoms with E-state index in [0.717, 1.165) is 66.8 Å². The lowest BCUT2D eigenvalue weighted by Gasteiger charge is -2.26. The molecule has 0 radical (unpaired) electrons. The summed E-state index contributed by atoms with van der Waals surface area (Å²) in [6, 6.07) is 82.8. The molecule has 0 fully saturated rings. The quantitative estimate of drug-likeness (QED) is 0.161. The molecule has 0 aliphatic rings. The lowest BCUT2D eigenvalue weighted by Crippen LogP contribution is -2.09. The van der Waals surface area contributed by atoms with Gasteiger partial charge in [-0.15, -0.1) is 0 Å². The summed E-state index contributed by atoms with van der Waals surface area (Å²) in [6.07, 6.45) is 0. The molecule has 0 bridgehead atoms. The van der Waals surface area contributed by atoms with E-state index >= 15 is 0 Å². The van der Waals surface area contributed by atoms with Crippen LogP contribution in [0.25, 0.3) is 93.6 Å². The molecule has 0 spiro atoms. The van der Waals surface area contributed by atoms with Crippen LogP contribution in [-0.4, -0.2) is 4.57 Å². The van der Waals surface area contributed by atoms with Crippen LogP contribution in [0.5, 0.6) is 0 Å². The summed E-state index contributed by atoms with van der Waals surface area (Å²) in [6.45, 7) is 0. The molecule has 61 heavy (non-hydrogen) atoms. The van der Waals surface area contributed by atoms with Crippen molar-refractivity contribution < 1.29 is 4.42 Å². The van der Waals surface area contributed by atoms with E-state index in [0.29, 0.717) is 0 Å². The number of nitrogens with zero attached hydrogens (tertiary/aromatic N) is 2. The normalized spacial score (nSPS) is 11.6. The van der Waals surface area contributed by atoms with E-state index in [4.69, 9.17) is 4.42 Å². The molecule has 0 saturated carbocycles. The zero-order valence-electron chi connectivity index (χ0n) is 33.2. The standard InChI is InChI=1S/C58H38N2O/c1-2-13-39(14-3-1)40-25-32-44(33-26-40)59(46-36-29-43(30-37-46)48-20-12-24-56-57(48)52-38-31-41-15-4-5-17-49(41)58(52)61-56)45-34-27-42(28-35-45)47-16-6-9-21-53(47)60-54-22-10-7-18-50(54)51-19-8-11-23-55(51)60/h1-38H. The fourth-order valence-corrected chi connectivity index (χ4v) is 9.35. The minimum atomic E-state index is 0.896. The molecule has 0 N–H and O–H groups in total. The minimum Gasteiger partial charge on any atom is -0.455 e. The first kappa shape index (κ1) is 34.9. The molecule has 286 valence electrons. The first-order chi connectivity index (χ1) is 30.3. The average molecular weight is 779 g/mol. The van der Waals surface area contributed by atoms with E-state index < -0.39 is 0 Å². The Labute approximate surface area is 353 Å². The third-order valence-electron chi connectivity index (χ3n) is 12.2. The molecule has 2 aromatic heterocycles. The Kier molecular flexibility index (Phi) is 8.17. The second kappa shape index (κ2) is 14.3. The number of hydrogen-bond donors (Lipinski definition) is 0. The topological polar surface area (TPSA) is 21.3 Å². The maximum absolute atomic E-state index is 6.55. The van der Waals surface area contributed by atoms with Gasteiger partial charge in [0, 0.05) is 49.6 Å². The highest BCUT2D eigenvalue weighted by Crippen LogP contribution is 2.43. The summed E-state index contributed by atoms with van der Waals surface area (Å²) in [4.78, 5) is 2.35. The fourth-order valence-electron chi connectivity index (χ4n) is 9.35. The lowest BCUT2D eigenvalue weighted by molar-refractivity contribution is 0.673. The van der Waals surface area contributed by atoms with Gasteiger partial charge in [-0.05, 0) is 99.9 Å². The van der Waals surface area contributed by atoms with Crippen LogP contribution in [0.3, 0.4) is 0 Å². The number of benzene rings is 10. The van der Waals surface area contributed by atoms with Crippen molar-refractivity contribution in [2.45, 2.75) is 0 Å². The van der Waals surface area contributed by atoms with Gasteiger partial charge in [0.2, 0.25) is 0 Å². The predicted octanol–water partition coefficient (Wildman–Crippen LogP) is 16.3. The van der Waals surface area contributed by atoms with Gasteiger partial charge < -0.3 is 13.9 Å². The SMILES string of the molecule is c1ccc(-c2ccc(N(c3ccc(-c4ccccc4-n4c5ccccc5c5ccccc54)cc3)c3ccc(-c4cccc5oc6c7ccccc7ccc6c45)cc3)cc2)cc1. The Morgan fingerprint density at radius 3 is 1.51 bits per heavy atom. The summed E-state index contributed by atoms with van der Waals surface area (Å²) in [5.41, 5.74) is 15.6.